The van der Waals surface area contributed by atoms with E-state index in [2.05, 4.69) is 15.6 Å². The van der Waals surface area contributed by atoms with Crippen LogP contribution in [0.1, 0.15) is 20.9 Å². The third-order valence-corrected chi connectivity index (χ3v) is 4.48. The molecule has 0 aliphatic rings. The van der Waals surface area contributed by atoms with Crippen LogP contribution in [0, 0.1) is 19.7 Å². The predicted molar refractivity (Wildman–Crippen MR) is 95.7 cm³/mol. The highest BCUT2D eigenvalue weighted by molar-refractivity contribution is 7.17. The second-order valence-corrected chi connectivity index (χ2v) is 6.38. The number of aromatic nitrogens is 1. The monoisotopic (exact) mass is 341 g/mol. The van der Waals surface area contributed by atoms with E-state index in [4.69, 9.17) is 0 Å². The fourth-order valence-corrected chi connectivity index (χ4v) is 3.02. The zero-order valence-corrected chi connectivity index (χ0v) is 14.1. The lowest BCUT2D eigenvalue weighted by Gasteiger charge is -2.03. The molecule has 1 amide bonds. The molecule has 4 nitrogen and oxygen atoms in total. The molecule has 1 aromatic heterocycles. The summed E-state index contributed by atoms with van der Waals surface area (Å²) in [6.07, 6.45) is 0. The quantitative estimate of drug-likeness (QED) is 0.710. The summed E-state index contributed by atoms with van der Waals surface area (Å²) in [5, 5.41) is 6.60. The van der Waals surface area contributed by atoms with Crippen molar-refractivity contribution >= 4 is 33.8 Å². The molecule has 0 saturated carbocycles. The van der Waals surface area contributed by atoms with Gasteiger partial charge in [-0.05, 0) is 50.2 Å². The number of halogens is 1. The highest BCUT2D eigenvalue weighted by Crippen LogP contribution is 2.26. The second-order valence-electron chi connectivity index (χ2n) is 5.39. The van der Waals surface area contributed by atoms with Gasteiger partial charge in [-0.25, -0.2) is 9.37 Å². The Hall–Kier alpha value is -2.73. The number of carbonyl (C=O) groups is 1. The Morgan fingerprint density at radius 3 is 2.29 bits per heavy atom. The second kappa shape index (κ2) is 6.80. The normalized spacial score (nSPS) is 10.5. The number of amides is 1. The number of nitrogens with zero attached hydrogens (tertiary/aromatic N) is 1. The lowest BCUT2D eigenvalue weighted by Crippen LogP contribution is -2.11. The van der Waals surface area contributed by atoms with E-state index in [0.717, 1.165) is 5.69 Å². The minimum Gasteiger partial charge on any atom is -0.332 e. The summed E-state index contributed by atoms with van der Waals surface area (Å²) in [5.41, 5.74) is 3.28. The van der Waals surface area contributed by atoms with Crippen LogP contribution in [0.4, 0.5) is 20.9 Å². The summed E-state index contributed by atoms with van der Waals surface area (Å²) < 4.78 is 12.9. The van der Waals surface area contributed by atoms with Crippen molar-refractivity contribution in [2.75, 3.05) is 10.6 Å². The van der Waals surface area contributed by atoms with Gasteiger partial charge in [-0.1, -0.05) is 29.0 Å². The van der Waals surface area contributed by atoms with E-state index in [1.54, 1.807) is 6.92 Å². The predicted octanol–water partition coefficient (Wildman–Crippen LogP) is 4.89. The first-order valence-corrected chi connectivity index (χ1v) is 8.21. The number of aryl methyl sites for hydroxylation is 2. The van der Waals surface area contributed by atoms with Gasteiger partial charge in [0.2, 0.25) is 0 Å². The molecular weight excluding hydrogens is 325 g/mol. The summed E-state index contributed by atoms with van der Waals surface area (Å²) in [4.78, 5) is 17.3. The maximum absolute atomic E-state index is 12.9. The van der Waals surface area contributed by atoms with Crippen LogP contribution in [-0.2, 0) is 0 Å². The molecule has 0 fully saturated rings. The maximum Gasteiger partial charge on any atom is 0.267 e. The van der Waals surface area contributed by atoms with E-state index in [1.165, 1.54) is 41.2 Å². The molecule has 3 aromatic rings. The Kier molecular flexibility index (Phi) is 4.57. The molecular formula is C18H16FN3OS. The number of carbonyl (C=O) groups excluding carboxylic acids is 1. The van der Waals surface area contributed by atoms with E-state index >= 15 is 0 Å². The van der Waals surface area contributed by atoms with Crippen molar-refractivity contribution in [3.05, 3.63) is 70.5 Å². The van der Waals surface area contributed by atoms with Gasteiger partial charge in [-0.3, -0.25) is 4.79 Å². The number of hydrogen-bond donors (Lipinski definition) is 2. The van der Waals surface area contributed by atoms with Crippen LogP contribution < -0.4 is 10.6 Å². The number of rotatable bonds is 4. The molecule has 3 rings (SSSR count). The average molecular weight is 341 g/mol. The highest BCUT2D eigenvalue weighted by Gasteiger charge is 2.15. The van der Waals surface area contributed by atoms with Gasteiger partial charge in [0.15, 0.2) is 5.13 Å². The van der Waals surface area contributed by atoms with Crippen LogP contribution in [0.2, 0.25) is 0 Å². The van der Waals surface area contributed by atoms with E-state index < -0.39 is 0 Å². The molecule has 0 spiro atoms. The van der Waals surface area contributed by atoms with Gasteiger partial charge in [0.1, 0.15) is 10.7 Å². The Morgan fingerprint density at radius 1 is 1.00 bits per heavy atom. The lowest BCUT2D eigenvalue weighted by atomic mass is 10.2. The van der Waals surface area contributed by atoms with Crippen LogP contribution in [0.25, 0.3) is 0 Å². The molecule has 6 heteroatoms. The summed E-state index contributed by atoms with van der Waals surface area (Å²) in [6, 6.07) is 13.6. The lowest BCUT2D eigenvalue weighted by molar-refractivity contribution is 0.103. The zero-order valence-electron chi connectivity index (χ0n) is 13.3. The van der Waals surface area contributed by atoms with E-state index in [0.29, 0.717) is 21.4 Å². The topological polar surface area (TPSA) is 54.0 Å². The minimum atomic E-state index is -0.341. The third kappa shape index (κ3) is 3.78. The molecule has 0 atom stereocenters. The van der Waals surface area contributed by atoms with Gasteiger partial charge in [0, 0.05) is 11.4 Å². The van der Waals surface area contributed by atoms with Crippen LogP contribution in [-0.4, -0.2) is 10.9 Å². The molecule has 2 N–H and O–H groups in total. The molecule has 0 saturated heterocycles. The number of benzene rings is 2. The number of thiazole rings is 1. The summed E-state index contributed by atoms with van der Waals surface area (Å²) in [5.74, 6) is -0.597. The summed E-state index contributed by atoms with van der Waals surface area (Å²) in [6.45, 7) is 3.81. The Labute approximate surface area is 143 Å². The molecule has 0 radical (unpaired) electrons. The third-order valence-electron chi connectivity index (χ3n) is 3.41. The largest absolute Gasteiger partial charge is 0.332 e. The van der Waals surface area contributed by atoms with Crippen molar-refractivity contribution in [3.8, 4) is 0 Å². The SMILES string of the molecule is Cc1ccc(Nc2nc(C)c(C(=O)Nc3ccc(F)cc3)s2)cc1. The highest BCUT2D eigenvalue weighted by atomic mass is 32.1. The summed E-state index contributed by atoms with van der Waals surface area (Å²) in [7, 11) is 0. The van der Waals surface area contributed by atoms with Crippen molar-refractivity contribution < 1.29 is 9.18 Å². The van der Waals surface area contributed by atoms with Gasteiger partial charge in [-0.15, -0.1) is 0 Å². The van der Waals surface area contributed by atoms with E-state index in [1.807, 2.05) is 31.2 Å². The molecule has 0 aliphatic heterocycles. The Morgan fingerprint density at radius 2 is 1.62 bits per heavy atom. The van der Waals surface area contributed by atoms with Crippen molar-refractivity contribution in [2.24, 2.45) is 0 Å². The van der Waals surface area contributed by atoms with E-state index in [-0.39, 0.29) is 11.7 Å². The van der Waals surface area contributed by atoms with Gasteiger partial charge in [-0.2, -0.15) is 0 Å². The van der Waals surface area contributed by atoms with Crippen LogP contribution in [0.15, 0.2) is 48.5 Å². The maximum atomic E-state index is 12.9. The first-order chi connectivity index (χ1) is 11.5. The minimum absolute atomic E-state index is 0.256. The smallest absolute Gasteiger partial charge is 0.267 e. The van der Waals surface area contributed by atoms with E-state index in [9.17, 15) is 9.18 Å². The standard InChI is InChI=1S/C18H16FN3OS/c1-11-3-7-15(8-4-11)22-18-20-12(2)16(24-18)17(23)21-14-9-5-13(19)6-10-14/h3-10H,1-2H3,(H,20,22)(H,21,23). The fraction of sp³-hybridized carbons (Fsp3) is 0.111. The van der Waals surface area contributed by atoms with Crippen LogP contribution in [0.5, 0.6) is 0 Å². The molecule has 0 bridgehead atoms. The van der Waals surface area contributed by atoms with Crippen molar-refractivity contribution in [1.29, 1.82) is 0 Å². The number of nitrogens with one attached hydrogen (secondary N) is 2. The molecule has 1 heterocycles. The zero-order chi connectivity index (χ0) is 17.1. The average Bonchev–Trinajstić information content (AvgIpc) is 2.92. The van der Waals surface area contributed by atoms with Crippen LogP contribution in [0.3, 0.4) is 0 Å². The fourth-order valence-electron chi connectivity index (χ4n) is 2.14. The molecule has 0 unspecified atom stereocenters. The van der Waals surface area contributed by atoms with Crippen molar-refractivity contribution in [1.82, 2.24) is 4.98 Å². The molecule has 122 valence electrons. The Balaban J connectivity index is 1.74. The number of anilines is 3. The van der Waals surface area contributed by atoms with Gasteiger partial charge in [0.25, 0.3) is 5.91 Å². The molecule has 0 aliphatic carbocycles. The molecule has 24 heavy (non-hydrogen) atoms. The molecule has 2 aromatic carbocycles. The van der Waals surface area contributed by atoms with Gasteiger partial charge >= 0.3 is 0 Å². The van der Waals surface area contributed by atoms with Gasteiger partial charge in [0.05, 0.1) is 5.69 Å². The first-order valence-electron chi connectivity index (χ1n) is 7.39. The first kappa shape index (κ1) is 16.1. The van der Waals surface area contributed by atoms with Crippen molar-refractivity contribution in [2.45, 2.75) is 13.8 Å². The van der Waals surface area contributed by atoms with Crippen molar-refractivity contribution in [3.63, 3.8) is 0 Å². The van der Waals surface area contributed by atoms with Gasteiger partial charge < -0.3 is 10.6 Å². The Bertz CT molecular complexity index is 857. The van der Waals surface area contributed by atoms with Crippen LogP contribution >= 0.6 is 11.3 Å². The summed E-state index contributed by atoms with van der Waals surface area (Å²) >= 11 is 1.28. The number of hydrogen-bond acceptors (Lipinski definition) is 4.